The molecule has 120 valence electrons. The molecule has 0 aliphatic heterocycles. The molecule has 3 rings (SSSR count). The molecule has 2 N–H and O–H groups in total. The molecule has 24 heavy (non-hydrogen) atoms. The van der Waals surface area contributed by atoms with Crippen LogP contribution < -0.4 is 0 Å². The van der Waals surface area contributed by atoms with Crippen molar-refractivity contribution in [2.45, 2.75) is 13.0 Å². The Morgan fingerprint density at radius 2 is 1.83 bits per heavy atom. The number of fused-ring (bicyclic) bond motifs is 1. The van der Waals surface area contributed by atoms with Gasteiger partial charge in [-0.15, -0.1) is 0 Å². The van der Waals surface area contributed by atoms with Crippen molar-refractivity contribution < 1.29 is 15.1 Å². The fourth-order valence-corrected chi connectivity index (χ4v) is 2.76. The van der Waals surface area contributed by atoms with E-state index in [0.717, 1.165) is 11.1 Å². The Labute approximate surface area is 136 Å². The molecule has 0 aliphatic carbocycles. The second-order valence-corrected chi connectivity index (χ2v) is 5.35. The molecule has 1 heterocycles. The van der Waals surface area contributed by atoms with Crippen molar-refractivity contribution >= 4 is 16.5 Å². The fourth-order valence-electron chi connectivity index (χ4n) is 2.76. The zero-order valence-corrected chi connectivity index (χ0v) is 12.5. The summed E-state index contributed by atoms with van der Waals surface area (Å²) in [6, 6.07) is 13.5. The molecule has 0 spiro atoms. The molecule has 7 nitrogen and oxygen atoms in total. The molecule has 0 aliphatic rings. The molecule has 0 unspecified atom stereocenters. The van der Waals surface area contributed by atoms with Gasteiger partial charge in [0, 0.05) is 6.07 Å². The molecule has 0 saturated carbocycles. The summed E-state index contributed by atoms with van der Waals surface area (Å²) < 4.78 is 1.21. The van der Waals surface area contributed by atoms with Crippen molar-refractivity contribution in [3.05, 3.63) is 63.7 Å². The largest absolute Gasteiger partial charge is 0.494 e. The number of nitro benzene ring substituents is 1. The topological polar surface area (TPSA) is 112 Å². The lowest BCUT2D eigenvalue weighted by molar-refractivity contribution is -0.383. The van der Waals surface area contributed by atoms with Crippen LogP contribution in [0.2, 0.25) is 0 Å². The van der Waals surface area contributed by atoms with E-state index in [1.165, 1.54) is 22.8 Å². The third kappa shape index (κ3) is 2.50. The summed E-state index contributed by atoms with van der Waals surface area (Å²) in [5.74, 6) is -0.600. The molecule has 0 atom stereocenters. The van der Waals surface area contributed by atoms with E-state index < -0.39 is 4.92 Å². The molecular formula is C17H13N3O4. The predicted molar refractivity (Wildman–Crippen MR) is 86.8 cm³/mol. The zero-order valence-electron chi connectivity index (χ0n) is 12.5. The maximum absolute atomic E-state index is 11.1. The molecule has 1 aromatic heterocycles. The highest BCUT2D eigenvalue weighted by Crippen LogP contribution is 2.41. The third-order valence-corrected chi connectivity index (χ3v) is 3.83. The molecule has 0 bridgehead atoms. The van der Waals surface area contributed by atoms with Gasteiger partial charge in [0.05, 0.1) is 29.3 Å². The van der Waals surface area contributed by atoms with Crippen LogP contribution in [0.25, 0.3) is 10.8 Å². The van der Waals surface area contributed by atoms with Crippen LogP contribution in [0.1, 0.15) is 11.1 Å². The van der Waals surface area contributed by atoms with Gasteiger partial charge in [-0.25, -0.2) is 0 Å². The number of aromatic nitrogens is 1. The van der Waals surface area contributed by atoms with E-state index in [4.69, 9.17) is 5.26 Å². The predicted octanol–water partition coefficient (Wildman–Crippen LogP) is 3.08. The second kappa shape index (κ2) is 5.93. The van der Waals surface area contributed by atoms with Crippen molar-refractivity contribution in [1.29, 1.82) is 5.26 Å². The first-order valence-corrected chi connectivity index (χ1v) is 7.15. The van der Waals surface area contributed by atoms with Gasteiger partial charge in [0.15, 0.2) is 0 Å². The Kier molecular flexibility index (Phi) is 3.80. The number of benzene rings is 2. The lowest BCUT2D eigenvalue weighted by atomic mass is 10.1. The number of aromatic hydroxyl groups is 2. The minimum atomic E-state index is -0.598. The van der Waals surface area contributed by atoms with Crippen molar-refractivity contribution in [2.75, 3.05) is 0 Å². The molecule has 0 amide bonds. The van der Waals surface area contributed by atoms with E-state index in [0.29, 0.717) is 0 Å². The van der Waals surface area contributed by atoms with Gasteiger partial charge in [0.2, 0.25) is 11.8 Å². The molecule has 3 aromatic rings. The zero-order chi connectivity index (χ0) is 17.3. The van der Waals surface area contributed by atoms with E-state index in [2.05, 4.69) is 6.07 Å². The smallest absolute Gasteiger partial charge is 0.282 e. The minimum absolute atomic E-state index is 0.00757. The van der Waals surface area contributed by atoms with Crippen molar-refractivity contribution in [2.24, 2.45) is 0 Å². The van der Waals surface area contributed by atoms with Gasteiger partial charge in [-0.2, -0.15) is 5.26 Å². The lowest BCUT2D eigenvalue weighted by Crippen LogP contribution is -1.99. The first-order chi connectivity index (χ1) is 11.5. The molecule has 0 saturated heterocycles. The van der Waals surface area contributed by atoms with Gasteiger partial charge in [0.25, 0.3) is 5.69 Å². The Hall–Kier alpha value is -3.53. The van der Waals surface area contributed by atoms with Crippen LogP contribution in [0, 0.1) is 21.4 Å². The SMILES string of the molecule is N#CCc1cccc(Cn2c(O)c3cccc([N+](=O)[O-])c3c2O)c1. The number of non-ortho nitro benzene ring substituents is 1. The van der Waals surface area contributed by atoms with E-state index >= 15 is 0 Å². The second-order valence-electron chi connectivity index (χ2n) is 5.35. The van der Waals surface area contributed by atoms with Crippen molar-refractivity contribution in [3.63, 3.8) is 0 Å². The van der Waals surface area contributed by atoms with Crippen LogP contribution in [-0.4, -0.2) is 19.7 Å². The number of rotatable bonds is 4. The monoisotopic (exact) mass is 323 g/mol. The summed E-state index contributed by atoms with van der Waals surface area (Å²) in [5.41, 5.74) is 1.31. The molecule has 2 aromatic carbocycles. The minimum Gasteiger partial charge on any atom is -0.494 e. The quantitative estimate of drug-likeness (QED) is 0.566. The Balaban J connectivity index is 2.11. The van der Waals surface area contributed by atoms with Gasteiger partial charge in [-0.05, 0) is 17.2 Å². The fraction of sp³-hybridized carbons (Fsp3) is 0.118. The lowest BCUT2D eigenvalue weighted by Gasteiger charge is -2.08. The maximum atomic E-state index is 11.1. The van der Waals surface area contributed by atoms with Crippen LogP contribution in [0.4, 0.5) is 5.69 Å². The summed E-state index contributed by atoms with van der Waals surface area (Å²) in [5, 5.41) is 40.8. The highest BCUT2D eigenvalue weighted by molar-refractivity contribution is 5.99. The summed E-state index contributed by atoms with van der Waals surface area (Å²) in [4.78, 5) is 10.5. The number of nitro groups is 1. The molecule has 7 heteroatoms. The Morgan fingerprint density at radius 3 is 2.54 bits per heavy atom. The number of nitriles is 1. The van der Waals surface area contributed by atoms with Gasteiger partial charge in [-0.3, -0.25) is 14.7 Å². The molecular weight excluding hydrogens is 310 g/mol. The summed E-state index contributed by atoms with van der Waals surface area (Å²) in [6.07, 6.45) is 0.255. The first-order valence-electron chi connectivity index (χ1n) is 7.15. The van der Waals surface area contributed by atoms with Crippen LogP contribution in [0.3, 0.4) is 0 Å². The highest BCUT2D eigenvalue weighted by atomic mass is 16.6. The van der Waals surface area contributed by atoms with Crippen LogP contribution in [0.15, 0.2) is 42.5 Å². The number of hydrogen-bond acceptors (Lipinski definition) is 5. The van der Waals surface area contributed by atoms with Crippen LogP contribution in [0.5, 0.6) is 11.8 Å². The van der Waals surface area contributed by atoms with Crippen molar-refractivity contribution in [3.8, 4) is 17.8 Å². The average molecular weight is 323 g/mol. The first kappa shape index (κ1) is 15.4. The average Bonchev–Trinajstić information content (AvgIpc) is 2.81. The van der Waals surface area contributed by atoms with Crippen LogP contribution >= 0.6 is 0 Å². The van der Waals surface area contributed by atoms with Gasteiger partial charge in [-0.1, -0.05) is 30.3 Å². The highest BCUT2D eigenvalue weighted by Gasteiger charge is 2.24. The van der Waals surface area contributed by atoms with E-state index in [9.17, 15) is 20.3 Å². The summed E-state index contributed by atoms with van der Waals surface area (Å²) in [6.45, 7) is 0.128. The Bertz CT molecular complexity index is 985. The van der Waals surface area contributed by atoms with Crippen LogP contribution in [-0.2, 0) is 13.0 Å². The maximum Gasteiger partial charge on any atom is 0.282 e. The summed E-state index contributed by atoms with van der Waals surface area (Å²) >= 11 is 0. The molecule has 0 radical (unpaired) electrons. The number of nitrogens with zero attached hydrogens (tertiary/aromatic N) is 3. The van der Waals surface area contributed by atoms with Crippen molar-refractivity contribution in [1.82, 2.24) is 4.57 Å². The van der Waals surface area contributed by atoms with Gasteiger partial charge < -0.3 is 10.2 Å². The number of hydrogen-bond donors (Lipinski definition) is 2. The van der Waals surface area contributed by atoms with E-state index in [-0.39, 0.29) is 41.2 Å². The normalized spacial score (nSPS) is 10.6. The van der Waals surface area contributed by atoms with Gasteiger partial charge in [0.1, 0.15) is 5.39 Å². The van der Waals surface area contributed by atoms with E-state index in [1.54, 1.807) is 18.2 Å². The van der Waals surface area contributed by atoms with E-state index in [1.807, 2.05) is 6.07 Å². The third-order valence-electron chi connectivity index (χ3n) is 3.83. The van der Waals surface area contributed by atoms with Gasteiger partial charge >= 0.3 is 0 Å². The summed E-state index contributed by atoms with van der Waals surface area (Å²) in [7, 11) is 0. The standard InChI is InChI=1S/C17H13N3O4/c18-8-7-11-3-1-4-12(9-11)10-19-16(21)13-5-2-6-14(20(23)24)15(13)17(19)22/h1-6,9,21-22H,7,10H2. The Morgan fingerprint density at radius 1 is 1.12 bits per heavy atom. The molecule has 0 fully saturated rings.